The van der Waals surface area contributed by atoms with Crippen LogP contribution in [0.5, 0.6) is 0 Å². The van der Waals surface area contributed by atoms with Crippen LogP contribution in [-0.2, 0) is 13.6 Å². The number of nitrogens with one attached hydrogen (secondary N) is 2. The van der Waals surface area contributed by atoms with Gasteiger partial charge in [-0.2, -0.15) is 0 Å². The topological polar surface area (TPSA) is 41.4 Å². The van der Waals surface area contributed by atoms with Crippen LogP contribution in [-0.4, -0.2) is 28.9 Å². The first-order valence-corrected chi connectivity index (χ1v) is 8.90. The van der Waals surface area contributed by atoms with Gasteiger partial charge in [-0.15, -0.1) is 35.7 Å². The van der Waals surface area contributed by atoms with Gasteiger partial charge in [-0.1, -0.05) is 25.1 Å². The molecule has 0 spiro atoms. The van der Waals surface area contributed by atoms with Crippen molar-refractivity contribution in [3.05, 3.63) is 54.4 Å². The Balaban J connectivity index is 0.00000288. The molecule has 1 atom stereocenters. The summed E-state index contributed by atoms with van der Waals surface area (Å²) in [6.07, 6.45) is 4.14. The molecule has 0 saturated carbocycles. The maximum Gasteiger partial charge on any atom is 0.191 e. The Labute approximate surface area is 166 Å². The monoisotopic (exact) mass is 458 g/mol. The number of aryl methyl sites for hydroxylation is 1. The van der Waals surface area contributed by atoms with Crippen LogP contribution in [0, 0.1) is 0 Å². The molecule has 0 radical (unpaired) electrons. The molecule has 2 rings (SSSR count). The zero-order valence-corrected chi connectivity index (χ0v) is 17.7. The average molecular weight is 458 g/mol. The van der Waals surface area contributed by atoms with Gasteiger partial charge in [-0.3, -0.25) is 0 Å². The van der Waals surface area contributed by atoms with Gasteiger partial charge in [-0.25, -0.2) is 4.99 Å². The summed E-state index contributed by atoms with van der Waals surface area (Å²) in [6, 6.07) is 12.6. The molecular weight excluding hydrogens is 431 g/mol. The Morgan fingerprint density at radius 3 is 2.58 bits per heavy atom. The van der Waals surface area contributed by atoms with E-state index in [4.69, 9.17) is 0 Å². The van der Waals surface area contributed by atoms with Gasteiger partial charge >= 0.3 is 0 Å². The highest BCUT2D eigenvalue weighted by atomic mass is 127. The van der Waals surface area contributed by atoms with E-state index in [0.717, 1.165) is 19.0 Å². The van der Waals surface area contributed by atoms with Crippen LogP contribution in [0.25, 0.3) is 0 Å². The van der Waals surface area contributed by atoms with Crippen molar-refractivity contribution in [1.82, 2.24) is 15.2 Å². The zero-order valence-electron chi connectivity index (χ0n) is 14.5. The smallest absolute Gasteiger partial charge is 0.191 e. The number of guanidine groups is 1. The molecule has 0 saturated heterocycles. The molecule has 1 heterocycles. The number of aliphatic imine (C=N–C) groups is 1. The van der Waals surface area contributed by atoms with Gasteiger partial charge in [0.1, 0.15) is 0 Å². The van der Waals surface area contributed by atoms with E-state index in [1.807, 2.05) is 35.6 Å². The number of rotatable bonds is 7. The fourth-order valence-electron chi connectivity index (χ4n) is 2.18. The molecule has 1 aromatic carbocycles. The van der Waals surface area contributed by atoms with Crippen LogP contribution in [0.4, 0.5) is 0 Å². The number of benzene rings is 1. The lowest BCUT2D eigenvalue weighted by Gasteiger charge is -2.15. The van der Waals surface area contributed by atoms with Gasteiger partial charge in [0, 0.05) is 42.7 Å². The minimum Gasteiger partial charge on any atom is -0.357 e. The lowest BCUT2D eigenvalue weighted by Crippen LogP contribution is -2.40. The summed E-state index contributed by atoms with van der Waals surface area (Å²) in [4.78, 5) is 5.95. The van der Waals surface area contributed by atoms with Crippen LogP contribution in [0.2, 0.25) is 0 Å². The van der Waals surface area contributed by atoms with Crippen LogP contribution < -0.4 is 10.6 Å². The highest BCUT2D eigenvalue weighted by molar-refractivity contribution is 14.0. The molecule has 132 valence electrons. The number of aromatic nitrogens is 1. The second-order valence-electron chi connectivity index (χ2n) is 5.50. The van der Waals surface area contributed by atoms with E-state index in [0.29, 0.717) is 11.8 Å². The number of thioether (sulfide) groups is 1. The predicted octanol–water partition coefficient (Wildman–Crippen LogP) is 3.88. The third-order valence-corrected chi connectivity index (χ3v) is 4.41. The van der Waals surface area contributed by atoms with Gasteiger partial charge in [0.2, 0.25) is 0 Å². The summed E-state index contributed by atoms with van der Waals surface area (Å²) in [7, 11) is 2.03. The lowest BCUT2D eigenvalue weighted by atomic mass is 10.3. The van der Waals surface area contributed by atoms with Crippen LogP contribution in [0.15, 0.2) is 58.7 Å². The van der Waals surface area contributed by atoms with Crippen molar-refractivity contribution >= 4 is 41.7 Å². The fourth-order valence-corrected chi connectivity index (χ4v) is 3.13. The summed E-state index contributed by atoms with van der Waals surface area (Å²) in [5, 5.41) is 7.20. The molecule has 0 aliphatic heterocycles. The number of halogens is 1. The Hall–Kier alpha value is -1.15. The summed E-state index contributed by atoms with van der Waals surface area (Å²) in [6.45, 7) is 6.74. The minimum absolute atomic E-state index is 0. The quantitative estimate of drug-likeness (QED) is 0.287. The fraction of sp³-hybridized carbons (Fsp3) is 0.389. The highest BCUT2D eigenvalue weighted by Gasteiger charge is 2.06. The van der Waals surface area contributed by atoms with Crippen molar-refractivity contribution in [3.63, 3.8) is 0 Å². The molecule has 1 unspecified atom stereocenters. The first-order chi connectivity index (χ1) is 11.2. The predicted molar refractivity (Wildman–Crippen MR) is 115 cm³/mol. The molecule has 0 amide bonds. The van der Waals surface area contributed by atoms with E-state index in [9.17, 15) is 0 Å². The summed E-state index contributed by atoms with van der Waals surface area (Å²) in [5.41, 5.74) is 1.22. The Kier molecular flexibility index (Phi) is 9.94. The number of hydrogen-bond donors (Lipinski definition) is 2. The van der Waals surface area contributed by atoms with Crippen LogP contribution >= 0.6 is 35.7 Å². The third kappa shape index (κ3) is 7.61. The van der Waals surface area contributed by atoms with E-state index in [-0.39, 0.29) is 24.0 Å². The second kappa shape index (κ2) is 11.4. The average Bonchev–Trinajstić information content (AvgIpc) is 2.96. The third-order valence-electron chi connectivity index (χ3n) is 3.29. The van der Waals surface area contributed by atoms with Crippen molar-refractivity contribution < 1.29 is 0 Å². The normalized spacial score (nSPS) is 12.4. The molecular formula is C18H27IN4S. The number of hydrogen-bond acceptors (Lipinski definition) is 2. The van der Waals surface area contributed by atoms with Gasteiger partial charge in [-0.05, 0) is 30.7 Å². The minimum atomic E-state index is 0. The Bertz CT molecular complexity index is 612. The van der Waals surface area contributed by atoms with E-state index in [2.05, 4.69) is 66.0 Å². The van der Waals surface area contributed by atoms with Crippen LogP contribution in [0.1, 0.15) is 19.4 Å². The van der Waals surface area contributed by atoms with Crippen molar-refractivity contribution in [3.8, 4) is 0 Å². The first kappa shape index (κ1) is 20.9. The number of nitrogens with zero attached hydrogens (tertiary/aromatic N) is 2. The lowest BCUT2D eigenvalue weighted by molar-refractivity contribution is 0.794. The highest BCUT2D eigenvalue weighted by Crippen LogP contribution is 2.21. The van der Waals surface area contributed by atoms with Gasteiger partial charge < -0.3 is 15.2 Å². The SMILES string of the molecule is CCNC(=NCc1ccn(C)c1)NCC(C)Sc1ccccc1.I. The first-order valence-electron chi connectivity index (χ1n) is 8.02. The van der Waals surface area contributed by atoms with Gasteiger partial charge in [0.05, 0.1) is 6.54 Å². The van der Waals surface area contributed by atoms with E-state index >= 15 is 0 Å². The van der Waals surface area contributed by atoms with Crippen molar-refractivity contribution in [2.75, 3.05) is 13.1 Å². The second-order valence-corrected chi connectivity index (χ2v) is 7.01. The molecule has 0 aliphatic carbocycles. The Morgan fingerprint density at radius 2 is 1.96 bits per heavy atom. The molecule has 2 N–H and O–H groups in total. The largest absolute Gasteiger partial charge is 0.357 e. The van der Waals surface area contributed by atoms with Crippen molar-refractivity contribution in [2.24, 2.45) is 12.0 Å². The molecule has 4 nitrogen and oxygen atoms in total. The van der Waals surface area contributed by atoms with Crippen molar-refractivity contribution in [1.29, 1.82) is 0 Å². The van der Waals surface area contributed by atoms with E-state index in [1.165, 1.54) is 10.5 Å². The summed E-state index contributed by atoms with van der Waals surface area (Å²) >= 11 is 1.87. The summed E-state index contributed by atoms with van der Waals surface area (Å²) < 4.78 is 2.05. The van der Waals surface area contributed by atoms with Crippen LogP contribution in [0.3, 0.4) is 0 Å². The molecule has 0 aliphatic rings. The van der Waals surface area contributed by atoms with Crippen molar-refractivity contribution in [2.45, 2.75) is 30.5 Å². The molecule has 2 aromatic rings. The molecule has 0 fully saturated rings. The standard InChI is InChI=1S/C18H26N4S.HI/c1-4-19-18(21-13-16-10-11-22(3)14-16)20-12-15(2)23-17-8-6-5-7-9-17;/h5-11,14-15H,4,12-13H2,1-3H3,(H2,19,20,21);1H. The maximum atomic E-state index is 4.65. The van der Waals surface area contributed by atoms with E-state index in [1.54, 1.807) is 0 Å². The Morgan fingerprint density at radius 1 is 1.21 bits per heavy atom. The molecule has 1 aromatic heterocycles. The zero-order chi connectivity index (χ0) is 16.5. The summed E-state index contributed by atoms with van der Waals surface area (Å²) in [5.74, 6) is 0.872. The molecule has 6 heteroatoms. The molecule has 24 heavy (non-hydrogen) atoms. The van der Waals surface area contributed by atoms with E-state index < -0.39 is 0 Å². The molecule has 0 bridgehead atoms. The van der Waals surface area contributed by atoms with Gasteiger partial charge in [0.15, 0.2) is 5.96 Å². The maximum absolute atomic E-state index is 4.65. The van der Waals surface area contributed by atoms with Gasteiger partial charge in [0.25, 0.3) is 0 Å².